The molecule has 1 aromatic rings. The number of nitrogens with one attached hydrogen (secondary N) is 2. The van der Waals surface area contributed by atoms with Crippen molar-refractivity contribution in [1.29, 1.82) is 0 Å². The zero-order valence-corrected chi connectivity index (χ0v) is 12.9. The fourth-order valence-corrected chi connectivity index (χ4v) is 4.36. The van der Waals surface area contributed by atoms with E-state index >= 15 is 0 Å². The molecule has 0 unspecified atom stereocenters. The molecular weight excluding hydrogens is 282 g/mol. The molecule has 0 bridgehead atoms. The second-order valence-electron chi connectivity index (χ2n) is 4.77. The third kappa shape index (κ3) is 4.43. The van der Waals surface area contributed by atoms with E-state index in [4.69, 9.17) is 0 Å². The number of nitrogens with zero attached hydrogens (tertiary/aromatic N) is 1. The van der Waals surface area contributed by atoms with Crippen LogP contribution in [0.2, 0.25) is 0 Å². The number of anilines is 1. The number of fused-ring (bicyclic) bond motifs is 1. The molecule has 0 aromatic carbocycles. The molecule has 0 fully saturated rings. The molecule has 0 radical (unpaired) electrons. The zero-order valence-electron chi connectivity index (χ0n) is 11.2. The maximum Gasteiger partial charge on any atom is 0.235 e. The van der Waals surface area contributed by atoms with E-state index in [1.165, 1.54) is 22.6 Å². The van der Waals surface area contributed by atoms with Crippen molar-refractivity contribution in [3.05, 3.63) is 10.6 Å². The largest absolute Gasteiger partial charge is 0.316 e. The minimum Gasteiger partial charge on any atom is -0.316 e. The maximum absolute atomic E-state index is 11.9. The van der Waals surface area contributed by atoms with Gasteiger partial charge in [-0.1, -0.05) is 6.92 Å². The second kappa shape index (κ2) is 6.67. The minimum atomic E-state index is -3.28. The third-order valence-corrected chi connectivity index (χ3v) is 5.51. The van der Waals surface area contributed by atoms with E-state index in [9.17, 15) is 8.42 Å². The number of hydrogen-bond acceptors (Lipinski definition) is 5. The van der Waals surface area contributed by atoms with Crippen LogP contribution in [0.4, 0.5) is 5.13 Å². The Balaban J connectivity index is 1.90. The molecule has 1 aliphatic carbocycles. The Bertz CT molecular complexity index is 488. The number of rotatable bonds is 7. The zero-order chi connectivity index (χ0) is 13.7. The van der Waals surface area contributed by atoms with Crippen LogP contribution in [-0.2, 0) is 22.9 Å². The summed E-state index contributed by atoms with van der Waals surface area (Å²) in [7, 11) is -3.28. The Morgan fingerprint density at radius 1 is 1.26 bits per heavy atom. The Labute approximate surface area is 118 Å². The molecule has 0 amide bonds. The lowest BCUT2D eigenvalue weighted by molar-refractivity contribution is 0.595. The summed E-state index contributed by atoms with van der Waals surface area (Å²) in [4.78, 5) is 5.63. The lowest BCUT2D eigenvalue weighted by Gasteiger charge is -2.06. The third-order valence-electron chi connectivity index (χ3n) is 3.06. The number of hydrogen-bond donors (Lipinski definition) is 2. The van der Waals surface area contributed by atoms with Crippen molar-refractivity contribution in [2.75, 3.05) is 23.6 Å². The van der Waals surface area contributed by atoms with E-state index in [0.29, 0.717) is 11.7 Å². The standard InChI is InChI=1S/C12H21N3O2S2/c1-2-7-13-8-9-19(16,17)15-12-14-10-5-3-4-6-11(10)18-12/h13H,2-9H2,1H3,(H,14,15). The predicted octanol–water partition coefficient (Wildman–Crippen LogP) is 1.76. The average Bonchev–Trinajstić information content (AvgIpc) is 2.75. The normalized spacial score (nSPS) is 15.2. The van der Waals surface area contributed by atoms with Crippen LogP contribution in [0.5, 0.6) is 0 Å². The number of sulfonamides is 1. The van der Waals surface area contributed by atoms with Gasteiger partial charge in [0.25, 0.3) is 0 Å². The molecule has 7 heteroatoms. The predicted molar refractivity (Wildman–Crippen MR) is 79.3 cm³/mol. The van der Waals surface area contributed by atoms with E-state index < -0.39 is 10.0 Å². The van der Waals surface area contributed by atoms with Crippen LogP contribution in [-0.4, -0.2) is 32.2 Å². The molecule has 1 aliphatic rings. The molecule has 5 nitrogen and oxygen atoms in total. The molecule has 0 atom stereocenters. The van der Waals surface area contributed by atoms with Crippen LogP contribution in [0.15, 0.2) is 0 Å². The van der Waals surface area contributed by atoms with Crippen molar-refractivity contribution in [2.24, 2.45) is 0 Å². The van der Waals surface area contributed by atoms with E-state index in [1.54, 1.807) is 0 Å². The molecule has 0 saturated carbocycles. The summed E-state index contributed by atoms with van der Waals surface area (Å²) in [5.74, 6) is 0.0945. The number of aromatic nitrogens is 1. The van der Waals surface area contributed by atoms with Gasteiger partial charge in [-0.25, -0.2) is 13.4 Å². The monoisotopic (exact) mass is 303 g/mol. The maximum atomic E-state index is 11.9. The summed E-state index contributed by atoms with van der Waals surface area (Å²) in [5, 5.41) is 3.62. The fraction of sp³-hybridized carbons (Fsp3) is 0.750. The van der Waals surface area contributed by atoms with Crippen molar-refractivity contribution in [3.8, 4) is 0 Å². The molecule has 1 heterocycles. The molecule has 0 aliphatic heterocycles. The highest BCUT2D eigenvalue weighted by Gasteiger charge is 2.18. The van der Waals surface area contributed by atoms with Crippen molar-refractivity contribution < 1.29 is 8.42 Å². The molecule has 0 saturated heterocycles. The van der Waals surface area contributed by atoms with Crippen molar-refractivity contribution in [1.82, 2.24) is 10.3 Å². The topological polar surface area (TPSA) is 71.1 Å². The van der Waals surface area contributed by atoms with Crippen LogP contribution >= 0.6 is 11.3 Å². The van der Waals surface area contributed by atoms with Crippen LogP contribution < -0.4 is 10.0 Å². The van der Waals surface area contributed by atoms with Gasteiger partial charge in [-0.2, -0.15) is 0 Å². The van der Waals surface area contributed by atoms with Crippen LogP contribution in [0.3, 0.4) is 0 Å². The Kier molecular flexibility index (Phi) is 5.18. The smallest absolute Gasteiger partial charge is 0.235 e. The van der Waals surface area contributed by atoms with E-state index in [-0.39, 0.29) is 5.75 Å². The van der Waals surface area contributed by atoms with Gasteiger partial charge in [-0.15, -0.1) is 11.3 Å². The van der Waals surface area contributed by atoms with Gasteiger partial charge in [0.15, 0.2) is 5.13 Å². The number of aryl methyl sites for hydroxylation is 2. The lowest BCUT2D eigenvalue weighted by Crippen LogP contribution is -2.27. The van der Waals surface area contributed by atoms with Crippen molar-refractivity contribution in [3.63, 3.8) is 0 Å². The summed E-state index contributed by atoms with van der Waals surface area (Å²) in [5.41, 5.74) is 1.08. The van der Waals surface area contributed by atoms with Gasteiger partial charge >= 0.3 is 0 Å². The first-order valence-electron chi connectivity index (χ1n) is 6.80. The van der Waals surface area contributed by atoms with Gasteiger partial charge in [0.1, 0.15) is 0 Å². The second-order valence-corrected chi connectivity index (χ2v) is 7.69. The average molecular weight is 303 g/mol. The van der Waals surface area contributed by atoms with E-state index in [0.717, 1.165) is 37.9 Å². The first-order valence-corrected chi connectivity index (χ1v) is 9.27. The molecule has 2 N–H and O–H groups in total. The van der Waals surface area contributed by atoms with Crippen LogP contribution in [0, 0.1) is 0 Å². The highest BCUT2D eigenvalue weighted by atomic mass is 32.2. The molecule has 0 spiro atoms. The van der Waals surface area contributed by atoms with E-state index in [1.807, 2.05) is 0 Å². The van der Waals surface area contributed by atoms with Crippen LogP contribution in [0.25, 0.3) is 0 Å². The first kappa shape index (κ1) is 14.7. The number of thiazole rings is 1. The van der Waals surface area contributed by atoms with Gasteiger partial charge in [0.05, 0.1) is 11.4 Å². The Morgan fingerprint density at radius 2 is 2.05 bits per heavy atom. The van der Waals surface area contributed by atoms with Gasteiger partial charge in [-0.05, 0) is 38.6 Å². The fourth-order valence-electron chi connectivity index (χ4n) is 2.09. The summed E-state index contributed by atoms with van der Waals surface area (Å²) >= 11 is 1.48. The summed E-state index contributed by atoms with van der Waals surface area (Å²) in [6.07, 6.45) is 5.36. The first-order chi connectivity index (χ1) is 9.11. The van der Waals surface area contributed by atoms with Gasteiger partial charge in [0.2, 0.25) is 10.0 Å². The Morgan fingerprint density at radius 3 is 2.79 bits per heavy atom. The molecule has 19 heavy (non-hydrogen) atoms. The van der Waals surface area contributed by atoms with Crippen molar-refractivity contribution >= 4 is 26.5 Å². The highest BCUT2D eigenvalue weighted by molar-refractivity contribution is 7.92. The summed E-state index contributed by atoms with van der Waals surface area (Å²) in [6, 6.07) is 0. The Hall–Kier alpha value is -0.660. The van der Waals surface area contributed by atoms with Crippen LogP contribution in [0.1, 0.15) is 36.8 Å². The summed E-state index contributed by atoms with van der Waals surface area (Å²) < 4.78 is 26.4. The molecular formula is C12H21N3O2S2. The van der Waals surface area contributed by atoms with Crippen molar-refractivity contribution in [2.45, 2.75) is 39.0 Å². The molecule has 2 rings (SSSR count). The van der Waals surface area contributed by atoms with Gasteiger partial charge in [-0.3, -0.25) is 4.72 Å². The quantitative estimate of drug-likeness (QED) is 0.753. The SMILES string of the molecule is CCCNCCS(=O)(=O)Nc1nc2c(s1)CCCC2. The van der Waals surface area contributed by atoms with Gasteiger partial charge < -0.3 is 5.32 Å². The minimum absolute atomic E-state index is 0.0945. The molecule has 1 aromatic heterocycles. The lowest BCUT2D eigenvalue weighted by atomic mass is 10.0. The molecule has 108 valence electrons. The highest BCUT2D eigenvalue weighted by Crippen LogP contribution is 2.29. The summed E-state index contributed by atoms with van der Waals surface area (Å²) in [6.45, 7) is 3.38. The van der Waals surface area contributed by atoms with E-state index in [2.05, 4.69) is 21.9 Å². The van der Waals surface area contributed by atoms with Gasteiger partial charge in [0, 0.05) is 11.4 Å².